The Hall–Kier alpha value is -4.08. The van der Waals surface area contributed by atoms with Crippen molar-refractivity contribution in [1.82, 2.24) is 20.0 Å². The third-order valence-corrected chi connectivity index (χ3v) is 9.40. The molecule has 0 aliphatic rings. The van der Waals surface area contributed by atoms with Crippen molar-refractivity contribution in [2.45, 2.75) is 24.0 Å². The molecule has 0 radical (unpaired) electrons. The first kappa shape index (κ1) is 28.1. The van der Waals surface area contributed by atoms with Crippen molar-refractivity contribution in [3.05, 3.63) is 131 Å². The molecule has 0 fully saturated rings. The predicted octanol–water partition coefficient (Wildman–Crippen LogP) is 7.36. The molecule has 0 amide bonds. The van der Waals surface area contributed by atoms with E-state index in [4.69, 9.17) is 4.98 Å². The van der Waals surface area contributed by atoms with E-state index in [0.29, 0.717) is 23.9 Å². The zero-order chi connectivity index (χ0) is 29.4. The van der Waals surface area contributed by atoms with Crippen LogP contribution >= 0.6 is 18.9 Å². The van der Waals surface area contributed by atoms with Gasteiger partial charge < -0.3 is 9.79 Å². The maximum Gasteiger partial charge on any atom is 0.399 e. The van der Waals surface area contributed by atoms with Crippen molar-refractivity contribution in [3.63, 3.8) is 0 Å². The van der Waals surface area contributed by atoms with Crippen molar-refractivity contribution in [3.8, 4) is 0 Å². The number of nitrogens with zero attached hydrogens (tertiary/aromatic N) is 4. The van der Waals surface area contributed by atoms with Gasteiger partial charge >= 0.3 is 13.3 Å². The summed E-state index contributed by atoms with van der Waals surface area (Å²) in [5.74, 6) is 0. The van der Waals surface area contributed by atoms with E-state index in [1.165, 1.54) is 23.5 Å². The fourth-order valence-corrected chi connectivity index (χ4v) is 6.66. The topological polar surface area (TPSA) is 101 Å². The smallest absolute Gasteiger partial charge is 0.320 e. The molecule has 11 heteroatoms. The first-order valence-electron chi connectivity index (χ1n) is 13.1. The molecular formula is C31H25F2N4O3PS. The molecule has 0 saturated carbocycles. The third-order valence-electron chi connectivity index (χ3n) is 7.18. The second-order valence-electron chi connectivity index (χ2n) is 9.98. The molecule has 4 aromatic carbocycles. The Kier molecular flexibility index (Phi) is 7.32. The molecule has 0 unspecified atom stereocenters. The van der Waals surface area contributed by atoms with Crippen LogP contribution in [0.15, 0.2) is 109 Å². The van der Waals surface area contributed by atoms with E-state index in [1.807, 2.05) is 95.7 Å². The molecule has 6 aromatic rings. The highest BCUT2D eigenvalue weighted by Crippen LogP contribution is 2.59. The Morgan fingerprint density at radius 1 is 0.857 bits per heavy atom. The highest BCUT2D eigenvalue weighted by atomic mass is 32.1. The van der Waals surface area contributed by atoms with Gasteiger partial charge in [-0.15, -0.1) is 16.4 Å². The zero-order valence-electron chi connectivity index (χ0n) is 22.1. The lowest BCUT2D eigenvalue weighted by molar-refractivity contribution is 0.0564. The molecule has 0 bridgehead atoms. The zero-order valence-corrected chi connectivity index (χ0v) is 23.8. The predicted molar refractivity (Wildman–Crippen MR) is 160 cm³/mol. The number of aromatic nitrogens is 4. The summed E-state index contributed by atoms with van der Waals surface area (Å²) in [6.07, 6.45) is 4.80. The highest BCUT2D eigenvalue weighted by molar-refractivity contribution is 7.52. The highest BCUT2D eigenvalue weighted by Gasteiger charge is 2.50. The van der Waals surface area contributed by atoms with Crippen LogP contribution in [0.4, 0.5) is 8.78 Å². The van der Waals surface area contributed by atoms with E-state index >= 15 is 0 Å². The molecule has 6 rings (SSSR count). The van der Waals surface area contributed by atoms with Gasteiger partial charge in [0.2, 0.25) is 0 Å². The number of allylic oxidation sites excluding steroid dienone is 1. The van der Waals surface area contributed by atoms with E-state index in [-0.39, 0.29) is 0 Å². The fraction of sp³-hybridized carbons (Fsp3) is 0.129. The third kappa shape index (κ3) is 5.18. The number of benzene rings is 4. The van der Waals surface area contributed by atoms with Gasteiger partial charge in [-0.05, 0) is 41.8 Å². The minimum atomic E-state index is -5.70. The maximum atomic E-state index is 14.4. The summed E-state index contributed by atoms with van der Waals surface area (Å²) >= 11 is 1.53. The molecule has 212 valence electrons. The SMILES string of the molecule is O=P(O)(O)C(F)(F)c1ccc(C[C@](C/C=C/c2ccccc2)(c2nc3ccccc3s2)n2nnc3ccccc32)cc1. The van der Waals surface area contributed by atoms with Crippen molar-refractivity contribution >= 4 is 46.3 Å². The first-order chi connectivity index (χ1) is 20.2. The van der Waals surface area contributed by atoms with E-state index in [0.717, 1.165) is 38.4 Å². The molecule has 2 heterocycles. The summed E-state index contributed by atoms with van der Waals surface area (Å²) < 4.78 is 43.2. The van der Waals surface area contributed by atoms with Crippen LogP contribution in [0, 0.1) is 0 Å². The number of hydrogen-bond donors (Lipinski definition) is 2. The molecule has 1 atom stereocenters. The van der Waals surface area contributed by atoms with Crippen molar-refractivity contribution in [2.24, 2.45) is 0 Å². The summed E-state index contributed by atoms with van der Waals surface area (Å²) in [5, 5.41) is 9.79. The Bertz CT molecular complexity index is 1900. The Balaban J connectivity index is 1.53. The monoisotopic (exact) mass is 602 g/mol. The molecule has 7 nitrogen and oxygen atoms in total. The van der Waals surface area contributed by atoms with E-state index < -0.39 is 24.4 Å². The summed E-state index contributed by atoms with van der Waals surface area (Å²) in [6.45, 7) is 0. The van der Waals surface area contributed by atoms with Crippen LogP contribution in [0.2, 0.25) is 0 Å². The van der Waals surface area contributed by atoms with Gasteiger partial charge in [0.15, 0.2) is 0 Å². The van der Waals surface area contributed by atoms with Gasteiger partial charge in [-0.1, -0.05) is 96.2 Å². The number of hydrogen-bond acceptors (Lipinski definition) is 5. The Labute approximate surface area is 244 Å². The fourth-order valence-electron chi connectivity index (χ4n) is 5.03. The van der Waals surface area contributed by atoms with Crippen LogP contribution in [0.1, 0.15) is 28.1 Å². The molecular weight excluding hydrogens is 577 g/mol. The normalized spacial score (nSPS) is 14.1. The van der Waals surface area contributed by atoms with E-state index in [1.54, 1.807) is 0 Å². The number of para-hydroxylation sites is 2. The number of alkyl halides is 2. The second-order valence-corrected chi connectivity index (χ2v) is 12.7. The largest absolute Gasteiger partial charge is 0.399 e. The van der Waals surface area contributed by atoms with Crippen LogP contribution in [0.5, 0.6) is 0 Å². The van der Waals surface area contributed by atoms with Crippen LogP contribution < -0.4 is 0 Å². The molecule has 0 spiro atoms. The van der Waals surface area contributed by atoms with Crippen molar-refractivity contribution in [1.29, 1.82) is 0 Å². The minimum Gasteiger partial charge on any atom is -0.320 e. The van der Waals surface area contributed by atoms with Crippen LogP contribution in [0.25, 0.3) is 27.3 Å². The van der Waals surface area contributed by atoms with Crippen LogP contribution in [0.3, 0.4) is 0 Å². The summed E-state index contributed by atoms with van der Waals surface area (Å²) in [5.41, 5.74) is -1.97. The first-order valence-corrected chi connectivity index (χ1v) is 15.5. The molecule has 42 heavy (non-hydrogen) atoms. The molecule has 0 aliphatic carbocycles. The second kappa shape index (κ2) is 11.0. The standard InChI is InChI=1S/C31H25F2N4O3PS/c32-31(33,41(38,39)40)24-18-16-23(17-19-24)21-30(20-8-11-22-9-2-1-3-10-22,29-34-26-13-5-7-15-28(26)42-29)37-27-14-6-4-12-25(27)35-36-37/h1-19H,20-21H2,(H2,38,39,40)/b11-8+/t30-/m1/s1. The average molecular weight is 603 g/mol. The summed E-state index contributed by atoms with van der Waals surface area (Å²) in [7, 11) is -5.70. The number of thiazole rings is 1. The van der Waals surface area contributed by atoms with Gasteiger partial charge in [0.25, 0.3) is 0 Å². The lowest BCUT2D eigenvalue weighted by Gasteiger charge is -2.32. The van der Waals surface area contributed by atoms with Gasteiger partial charge in [-0.2, -0.15) is 8.78 Å². The Morgan fingerprint density at radius 2 is 1.52 bits per heavy atom. The Morgan fingerprint density at radius 3 is 2.24 bits per heavy atom. The maximum absolute atomic E-state index is 14.4. The molecule has 0 aliphatic heterocycles. The lowest BCUT2D eigenvalue weighted by Crippen LogP contribution is -2.38. The van der Waals surface area contributed by atoms with Crippen LogP contribution in [-0.2, 0) is 22.2 Å². The number of rotatable bonds is 9. The van der Waals surface area contributed by atoms with Gasteiger partial charge in [0.05, 0.1) is 15.7 Å². The summed E-state index contributed by atoms with van der Waals surface area (Å²) in [6, 6.07) is 30.4. The quantitative estimate of drug-likeness (QED) is 0.168. The van der Waals surface area contributed by atoms with Gasteiger partial charge in [-0.3, -0.25) is 4.57 Å². The lowest BCUT2D eigenvalue weighted by atomic mass is 9.87. The minimum absolute atomic E-state index is 0.293. The number of fused-ring (bicyclic) bond motifs is 2. The van der Waals surface area contributed by atoms with Gasteiger partial charge in [-0.25, -0.2) is 9.67 Å². The average Bonchev–Trinajstić information content (AvgIpc) is 3.62. The number of halogens is 2. The molecule has 2 N–H and O–H groups in total. The van der Waals surface area contributed by atoms with E-state index in [2.05, 4.69) is 10.3 Å². The van der Waals surface area contributed by atoms with Crippen LogP contribution in [-0.4, -0.2) is 29.8 Å². The van der Waals surface area contributed by atoms with Crippen molar-refractivity contribution < 1.29 is 23.1 Å². The van der Waals surface area contributed by atoms with Crippen molar-refractivity contribution in [2.75, 3.05) is 0 Å². The molecule has 2 aromatic heterocycles. The van der Waals surface area contributed by atoms with Gasteiger partial charge in [0, 0.05) is 12.0 Å². The van der Waals surface area contributed by atoms with E-state index in [9.17, 15) is 23.1 Å². The summed E-state index contributed by atoms with van der Waals surface area (Å²) in [4.78, 5) is 23.5. The molecule has 0 saturated heterocycles. The van der Waals surface area contributed by atoms with Gasteiger partial charge in [0.1, 0.15) is 16.1 Å².